The maximum absolute atomic E-state index is 6.01. The Labute approximate surface area is 145 Å². The molecule has 0 saturated heterocycles. The second-order valence-electron chi connectivity index (χ2n) is 5.48. The van der Waals surface area contributed by atoms with Gasteiger partial charge >= 0.3 is 0 Å². The maximum atomic E-state index is 6.01. The van der Waals surface area contributed by atoms with Gasteiger partial charge in [0.05, 0.1) is 18.3 Å². The summed E-state index contributed by atoms with van der Waals surface area (Å²) in [6, 6.07) is 23.9. The summed E-state index contributed by atoms with van der Waals surface area (Å²) in [6.07, 6.45) is 0. The van der Waals surface area contributed by atoms with Crippen molar-refractivity contribution in [3.8, 4) is 22.7 Å². The average molecular weight is 335 g/mol. The summed E-state index contributed by atoms with van der Waals surface area (Å²) >= 11 is 6.01. The lowest BCUT2D eigenvalue weighted by Crippen LogP contribution is -1.96. The molecular formula is C20H15ClN2O. The van der Waals surface area contributed by atoms with Gasteiger partial charge in [-0.15, -0.1) is 0 Å². The SMILES string of the molecule is COc1ccc(-n2nc(-c3ccc(Cl)cc3)c3ccccc32)cc1. The normalized spacial score (nSPS) is 10.9. The summed E-state index contributed by atoms with van der Waals surface area (Å²) in [6.45, 7) is 0. The van der Waals surface area contributed by atoms with Crippen molar-refractivity contribution in [1.82, 2.24) is 9.78 Å². The molecule has 0 aliphatic carbocycles. The zero-order valence-corrected chi connectivity index (χ0v) is 13.9. The van der Waals surface area contributed by atoms with E-state index >= 15 is 0 Å². The van der Waals surface area contributed by atoms with Crippen molar-refractivity contribution in [1.29, 1.82) is 0 Å². The van der Waals surface area contributed by atoms with Gasteiger partial charge in [0.15, 0.2) is 0 Å². The van der Waals surface area contributed by atoms with Crippen LogP contribution < -0.4 is 4.74 Å². The molecule has 0 fully saturated rings. The Bertz CT molecular complexity index is 989. The molecule has 1 heterocycles. The predicted molar refractivity (Wildman–Crippen MR) is 98.1 cm³/mol. The van der Waals surface area contributed by atoms with E-state index in [1.165, 1.54) is 0 Å². The first-order valence-corrected chi connectivity index (χ1v) is 8.02. The molecule has 4 rings (SSSR count). The van der Waals surface area contributed by atoms with E-state index in [-0.39, 0.29) is 0 Å². The summed E-state index contributed by atoms with van der Waals surface area (Å²) in [5, 5.41) is 6.67. The van der Waals surface area contributed by atoms with E-state index in [0.29, 0.717) is 0 Å². The molecule has 0 amide bonds. The molecule has 0 N–H and O–H groups in total. The molecule has 0 aliphatic rings. The van der Waals surface area contributed by atoms with Crippen LogP contribution in [0.15, 0.2) is 72.8 Å². The Morgan fingerprint density at radius 3 is 2.29 bits per heavy atom. The first-order chi connectivity index (χ1) is 11.8. The van der Waals surface area contributed by atoms with Crippen molar-refractivity contribution >= 4 is 22.5 Å². The molecule has 0 spiro atoms. The number of para-hydroxylation sites is 1. The topological polar surface area (TPSA) is 27.1 Å². The van der Waals surface area contributed by atoms with Crippen molar-refractivity contribution in [3.63, 3.8) is 0 Å². The monoisotopic (exact) mass is 334 g/mol. The minimum absolute atomic E-state index is 0.720. The van der Waals surface area contributed by atoms with E-state index in [0.717, 1.165) is 38.6 Å². The molecule has 0 saturated carbocycles. The van der Waals surface area contributed by atoms with E-state index in [4.69, 9.17) is 21.4 Å². The van der Waals surface area contributed by atoms with Crippen LogP contribution in [0.2, 0.25) is 5.02 Å². The lowest BCUT2D eigenvalue weighted by molar-refractivity contribution is 0.414. The van der Waals surface area contributed by atoms with Crippen LogP contribution in [0.3, 0.4) is 0 Å². The summed E-state index contributed by atoms with van der Waals surface area (Å²) in [5.41, 5.74) is 4.04. The molecule has 118 valence electrons. The molecule has 4 aromatic rings. The highest BCUT2D eigenvalue weighted by Gasteiger charge is 2.13. The predicted octanol–water partition coefficient (Wildman–Crippen LogP) is 5.35. The van der Waals surface area contributed by atoms with Crippen molar-refractivity contribution in [2.45, 2.75) is 0 Å². The number of ether oxygens (including phenoxy) is 1. The Kier molecular flexibility index (Phi) is 3.71. The molecule has 0 unspecified atom stereocenters. The summed E-state index contributed by atoms with van der Waals surface area (Å²) in [4.78, 5) is 0. The van der Waals surface area contributed by atoms with Crippen LogP contribution in [0.25, 0.3) is 27.8 Å². The molecule has 0 radical (unpaired) electrons. The van der Waals surface area contributed by atoms with Gasteiger partial charge in [-0.2, -0.15) is 5.10 Å². The highest BCUT2D eigenvalue weighted by Crippen LogP contribution is 2.30. The lowest BCUT2D eigenvalue weighted by atomic mass is 10.1. The molecule has 1 aromatic heterocycles. The molecule has 24 heavy (non-hydrogen) atoms. The van der Waals surface area contributed by atoms with E-state index in [2.05, 4.69) is 12.1 Å². The third kappa shape index (κ3) is 2.53. The van der Waals surface area contributed by atoms with E-state index in [9.17, 15) is 0 Å². The van der Waals surface area contributed by atoms with E-state index in [1.807, 2.05) is 65.3 Å². The van der Waals surface area contributed by atoms with Crippen LogP contribution in [0.1, 0.15) is 0 Å². The van der Waals surface area contributed by atoms with Gasteiger partial charge in [0, 0.05) is 16.0 Å². The second-order valence-corrected chi connectivity index (χ2v) is 5.92. The Balaban J connectivity index is 1.91. The lowest BCUT2D eigenvalue weighted by Gasteiger charge is -2.05. The molecular weight excluding hydrogens is 320 g/mol. The highest BCUT2D eigenvalue weighted by molar-refractivity contribution is 6.30. The third-order valence-corrected chi connectivity index (χ3v) is 4.27. The highest BCUT2D eigenvalue weighted by atomic mass is 35.5. The van der Waals surface area contributed by atoms with Crippen molar-refractivity contribution in [2.24, 2.45) is 0 Å². The number of methoxy groups -OCH3 is 1. The van der Waals surface area contributed by atoms with Gasteiger partial charge in [0.1, 0.15) is 11.4 Å². The van der Waals surface area contributed by atoms with Crippen LogP contribution in [-0.4, -0.2) is 16.9 Å². The van der Waals surface area contributed by atoms with Gasteiger partial charge in [-0.1, -0.05) is 41.9 Å². The van der Waals surface area contributed by atoms with Gasteiger partial charge in [-0.3, -0.25) is 0 Å². The van der Waals surface area contributed by atoms with Gasteiger partial charge < -0.3 is 4.74 Å². The maximum Gasteiger partial charge on any atom is 0.119 e. The van der Waals surface area contributed by atoms with Crippen LogP contribution >= 0.6 is 11.6 Å². The molecule has 3 aromatic carbocycles. The minimum Gasteiger partial charge on any atom is -0.497 e. The quantitative estimate of drug-likeness (QED) is 0.504. The Morgan fingerprint density at radius 1 is 0.875 bits per heavy atom. The number of nitrogens with zero attached hydrogens (tertiary/aromatic N) is 2. The third-order valence-electron chi connectivity index (χ3n) is 4.02. The van der Waals surface area contributed by atoms with Crippen LogP contribution in [0, 0.1) is 0 Å². The van der Waals surface area contributed by atoms with Gasteiger partial charge in [-0.05, 0) is 42.5 Å². The van der Waals surface area contributed by atoms with Gasteiger partial charge in [0.25, 0.3) is 0 Å². The minimum atomic E-state index is 0.720. The van der Waals surface area contributed by atoms with Crippen LogP contribution in [-0.2, 0) is 0 Å². The van der Waals surface area contributed by atoms with Gasteiger partial charge in [0.2, 0.25) is 0 Å². The number of hydrogen-bond donors (Lipinski definition) is 0. The number of halogens is 1. The summed E-state index contributed by atoms with van der Waals surface area (Å²) < 4.78 is 7.19. The van der Waals surface area contributed by atoms with Gasteiger partial charge in [-0.25, -0.2) is 4.68 Å². The largest absolute Gasteiger partial charge is 0.497 e. The molecule has 0 atom stereocenters. The smallest absolute Gasteiger partial charge is 0.119 e. The first-order valence-electron chi connectivity index (χ1n) is 7.64. The van der Waals surface area contributed by atoms with Crippen LogP contribution in [0.5, 0.6) is 5.75 Å². The van der Waals surface area contributed by atoms with Crippen LogP contribution in [0.4, 0.5) is 0 Å². The fourth-order valence-corrected chi connectivity index (χ4v) is 2.93. The summed E-state index contributed by atoms with van der Waals surface area (Å²) in [5.74, 6) is 0.827. The number of hydrogen-bond acceptors (Lipinski definition) is 2. The average Bonchev–Trinajstić information content (AvgIpc) is 3.02. The van der Waals surface area contributed by atoms with E-state index < -0.39 is 0 Å². The van der Waals surface area contributed by atoms with Crippen molar-refractivity contribution < 1.29 is 4.74 Å². The standard InChI is InChI=1S/C20H15ClN2O/c1-24-17-12-10-16(11-13-17)23-19-5-3-2-4-18(19)20(22-23)14-6-8-15(21)9-7-14/h2-13H,1H3. The fourth-order valence-electron chi connectivity index (χ4n) is 2.81. The zero-order valence-electron chi connectivity index (χ0n) is 13.1. The number of aromatic nitrogens is 2. The Hall–Kier alpha value is -2.78. The van der Waals surface area contributed by atoms with Crippen molar-refractivity contribution in [3.05, 3.63) is 77.8 Å². The molecule has 3 nitrogen and oxygen atoms in total. The zero-order chi connectivity index (χ0) is 16.5. The number of benzene rings is 3. The van der Waals surface area contributed by atoms with Crippen molar-refractivity contribution in [2.75, 3.05) is 7.11 Å². The second kappa shape index (κ2) is 6.02. The number of rotatable bonds is 3. The molecule has 0 bridgehead atoms. The number of fused-ring (bicyclic) bond motifs is 1. The first kappa shape index (κ1) is 14.8. The molecule has 0 aliphatic heterocycles. The fraction of sp³-hybridized carbons (Fsp3) is 0.0500. The molecule has 4 heteroatoms. The summed E-state index contributed by atoms with van der Waals surface area (Å²) in [7, 11) is 1.66. The van der Waals surface area contributed by atoms with E-state index in [1.54, 1.807) is 7.11 Å². The Morgan fingerprint density at radius 2 is 1.58 bits per heavy atom.